The summed E-state index contributed by atoms with van der Waals surface area (Å²) < 4.78 is 5.20. The van der Waals surface area contributed by atoms with Crippen molar-refractivity contribution < 1.29 is 9.53 Å². The summed E-state index contributed by atoms with van der Waals surface area (Å²) in [6.45, 7) is 8.44. The van der Waals surface area contributed by atoms with Gasteiger partial charge < -0.3 is 20.3 Å². The monoisotopic (exact) mass is 347 g/mol. The molecule has 1 aliphatic rings. The van der Waals surface area contributed by atoms with Crippen molar-refractivity contribution in [3.8, 4) is 5.75 Å². The standard InChI is InChI=1S/C20H33N3O2/c1-16(2)19(17-8-10-18(25-3)11-9-17)22-20(24)21-12-7-15-23-13-5-4-6-14-23/h8-11,16,19H,4-7,12-15H2,1-3H3,(H2,21,22,24). The number of urea groups is 1. The van der Waals surface area contributed by atoms with E-state index in [4.69, 9.17) is 4.74 Å². The van der Waals surface area contributed by atoms with E-state index in [9.17, 15) is 4.79 Å². The Morgan fingerprint density at radius 3 is 2.44 bits per heavy atom. The fraction of sp³-hybridized carbons (Fsp3) is 0.650. The minimum absolute atomic E-state index is 0.00648. The molecule has 1 saturated heterocycles. The topological polar surface area (TPSA) is 53.6 Å². The Hall–Kier alpha value is -1.75. The van der Waals surface area contributed by atoms with Crippen LogP contribution in [0.4, 0.5) is 4.79 Å². The molecule has 0 spiro atoms. The van der Waals surface area contributed by atoms with Gasteiger partial charge in [-0.15, -0.1) is 0 Å². The van der Waals surface area contributed by atoms with Gasteiger partial charge in [-0.1, -0.05) is 32.4 Å². The van der Waals surface area contributed by atoms with E-state index in [0.29, 0.717) is 5.92 Å². The van der Waals surface area contributed by atoms with Crippen LogP contribution in [0.2, 0.25) is 0 Å². The number of rotatable bonds is 8. The Bertz CT molecular complexity index is 510. The van der Waals surface area contributed by atoms with Crippen LogP contribution in [-0.2, 0) is 0 Å². The van der Waals surface area contributed by atoms with Crippen LogP contribution < -0.4 is 15.4 Å². The summed E-state index contributed by atoms with van der Waals surface area (Å²) in [6.07, 6.45) is 4.99. The van der Waals surface area contributed by atoms with Crippen LogP contribution in [0, 0.1) is 5.92 Å². The number of nitrogens with zero attached hydrogens (tertiary/aromatic N) is 1. The van der Waals surface area contributed by atoms with Crippen LogP contribution in [0.3, 0.4) is 0 Å². The van der Waals surface area contributed by atoms with Gasteiger partial charge in [0.15, 0.2) is 0 Å². The predicted molar refractivity (Wildman–Crippen MR) is 102 cm³/mol. The maximum Gasteiger partial charge on any atom is 0.315 e. The maximum atomic E-state index is 12.2. The van der Waals surface area contributed by atoms with E-state index in [0.717, 1.165) is 30.8 Å². The molecule has 1 atom stereocenters. The zero-order valence-electron chi connectivity index (χ0n) is 15.9. The molecule has 2 N–H and O–H groups in total. The minimum Gasteiger partial charge on any atom is -0.497 e. The maximum absolute atomic E-state index is 12.2. The molecular formula is C20H33N3O2. The van der Waals surface area contributed by atoms with Crippen LogP contribution >= 0.6 is 0 Å². The molecule has 1 aromatic rings. The van der Waals surface area contributed by atoms with E-state index >= 15 is 0 Å². The average molecular weight is 348 g/mol. The molecule has 0 aliphatic carbocycles. The third-order valence-electron chi connectivity index (χ3n) is 4.81. The lowest BCUT2D eigenvalue weighted by Gasteiger charge is -2.26. The molecule has 0 aromatic heterocycles. The second-order valence-electron chi connectivity index (χ2n) is 7.15. The van der Waals surface area contributed by atoms with Crippen LogP contribution in [0.1, 0.15) is 51.1 Å². The number of ether oxygens (including phenoxy) is 1. The lowest BCUT2D eigenvalue weighted by Crippen LogP contribution is -2.41. The molecule has 0 radical (unpaired) electrons. The summed E-state index contributed by atoms with van der Waals surface area (Å²) >= 11 is 0. The van der Waals surface area contributed by atoms with Crippen molar-refractivity contribution in [2.45, 2.75) is 45.6 Å². The molecule has 2 amide bonds. The van der Waals surface area contributed by atoms with Gasteiger partial charge >= 0.3 is 6.03 Å². The number of carbonyl (C=O) groups is 1. The smallest absolute Gasteiger partial charge is 0.315 e. The largest absolute Gasteiger partial charge is 0.497 e. The van der Waals surface area contributed by atoms with Gasteiger partial charge in [-0.2, -0.15) is 0 Å². The lowest BCUT2D eigenvalue weighted by molar-refractivity contribution is 0.220. The fourth-order valence-electron chi connectivity index (χ4n) is 3.33. The molecule has 0 saturated carbocycles. The number of piperidine rings is 1. The van der Waals surface area contributed by atoms with Crippen LogP contribution in [-0.4, -0.2) is 44.2 Å². The quantitative estimate of drug-likeness (QED) is 0.707. The van der Waals surface area contributed by atoms with Crippen molar-refractivity contribution in [1.82, 2.24) is 15.5 Å². The Morgan fingerprint density at radius 2 is 1.84 bits per heavy atom. The molecule has 25 heavy (non-hydrogen) atoms. The highest BCUT2D eigenvalue weighted by atomic mass is 16.5. The number of benzene rings is 1. The molecule has 0 bridgehead atoms. The molecule has 1 aromatic carbocycles. The van der Waals surface area contributed by atoms with Gasteiger partial charge in [-0.3, -0.25) is 0 Å². The zero-order valence-corrected chi connectivity index (χ0v) is 15.9. The Balaban J connectivity index is 1.75. The molecule has 5 nitrogen and oxygen atoms in total. The van der Waals surface area contributed by atoms with E-state index < -0.39 is 0 Å². The lowest BCUT2D eigenvalue weighted by atomic mass is 9.96. The summed E-state index contributed by atoms with van der Waals surface area (Å²) in [6, 6.07) is 7.80. The Morgan fingerprint density at radius 1 is 1.16 bits per heavy atom. The van der Waals surface area contributed by atoms with Crippen LogP contribution in [0.15, 0.2) is 24.3 Å². The van der Waals surface area contributed by atoms with Crippen molar-refractivity contribution in [3.63, 3.8) is 0 Å². The summed E-state index contributed by atoms with van der Waals surface area (Å²) in [4.78, 5) is 14.7. The first-order chi connectivity index (χ1) is 12.1. The number of hydrogen-bond donors (Lipinski definition) is 2. The van der Waals surface area contributed by atoms with Gasteiger partial charge in [0, 0.05) is 6.54 Å². The minimum atomic E-state index is -0.0897. The third-order valence-corrected chi connectivity index (χ3v) is 4.81. The predicted octanol–water partition coefficient (Wildman–Crippen LogP) is 3.57. The number of amides is 2. The Labute approximate surface area is 152 Å². The molecule has 1 fully saturated rings. The van der Waals surface area contributed by atoms with Crippen molar-refractivity contribution >= 4 is 6.03 Å². The SMILES string of the molecule is COc1ccc(C(NC(=O)NCCCN2CCCCC2)C(C)C)cc1. The number of carbonyl (C=O) groups excluding carboxylic acids is 1. The molecule has 5 heteroatoms. The van der Waals surface area contributed by atoms with Gasteiger partial charge in [-0.25, -0.2) is 4.79 Å². The molecule has 140 valence electrons. The van der Waals surface area contributed by atoms with Gasteiger partial charge in [-0.05, 0) is 62.5 Å². The number of hydrogen-bond acceptors (Lipinski definition) is 3. The van der Waals surface area contributed by atoms with Gasteiger partial charge in [0.05, 0.1) is 13.2 Å². The molecule has 1 heterocycles. The van der Waals surface area contributed by atoms with Crippen molar-refractivity contribution in [1.29, 1.82) is 0 Å². The van der Waals surface area contributed by atoms with Crippen LogP contribution in [0.25, 0.3) is 0 Å². The second-order valence-corrected chi connectivity index (χ2v) is 7.15. The van der Waals surface area contributed by atoms with Gasteiger partial charge in [0.25, 0.3) is 0 Å². The molecule has 1 unspecified atom stereocenters. The highest BCUT2D eigenvalue weighted by Crippen LogP contribution is 2.23. The fourth-order valence-corrected chi connectivity index (χ4v) is 3.33. The molecular weight excluding hydrogens is 314 g/mol. The number of likely N-dealkylation sites (tertiary alicyclic amines) is 1. The first kappa shape index (κ1) is 19.6. The molecule has 1 aliphatic heterocycles. The first-order valence-electron chi connectivity index (χ1n) is 9.51. The van der Waals surface area contributed by atoms with E-state index in [2.05, 4.69) is 29.4 Å². The van der Waals surface area contributed by atoms with E-state index in [1.165, 1.54) is 32.4 Å². The van der Waals surface area contributed by atoms with Crippen molar-refractivity contribution in [2.24, 2.45) is 5.92 Å². The van der Waals surface area contributed by atoms with E-state index in [1.54, 1.807) is 7.11 Å². The molecule has 2 rings (SSSR count). The summed E-state index contributed by atoms with van der Waals surface area (Å²) in [5, 5.41) is 6.10. The van der Waals surface area contributed by atoms with Crippen LogP contribution in [0.5, 0.6) is 5.75 Å². The number of methoxy groups -OCH3 is 1. The Kier molecular flexibility index (Phi) is 8.06. The zero-order chi connectivity index (χ0) is 18.1. The number of nitrogens with one attached hydrogen (secondary N) is 2. The average Bonchev–Trinajstić information content (AvgIpc) is 2.64. The van der Waals surface area contributed by atoms with Crippen molar-refractivity contribution in [2.75, 3.05) is 33.3 Å². The first-order valence-corrected chi connectivity index (χ1v) is 9.51. The highest BCUT2D eigenvalue weighted by molar-refractivity contribution is 5.74. The van der Waals surface area contributed by atoms with E-state index in [1.807, 2.05) is 24.3 Å². The van der Waals surface area contributed by atoms with Crippen molar-refractivity contribution in [3.05, 3.63) is 29.8 Å². The summed E-state index contributed by atoms with van der Waals surface area (Å²) in [5.74, 6) is 1.14. The highest BCUT2D eigenvalue weighted by Gasteiger charge is 2.18. The normalized spacial score (nSPS) is 16.5. The van der Waals surface area contributed by atoms with E-state index in [-0.39, 0.29) is 12.1 Å². The van der Waals surface area contributed by atoms with Gasteiger partial charge in [0.1, 0.15) is 5.75 Å². The second kappa shape index (κ2) is 10.3. The third kappa shape index (κ3) is 6.58. The summed E-state index contributed by atoms with van der Waals surface area (Å²) in [5.41, 5.74) is 1.10. The van der Waals surface area contributed by atoms with Gasteiger partial charge in [0.2, 0.25) is 0 Å². The summed E-state index contributed by atoms with van der Waals surface area (Å²) in [7, 11) is 1.66.